The van der Waals surface area contributed by atoms with Crippen LogP contribution in [-0.4, -0.2) is 36.1 Å². The lowest BCUT2D eigenvalue weighted by Gasteiger charge is -2.09. The number of amides is 1. The molecule has 8 nitrogen and oxygen atoms in total. The first-order valence-corrected chi connectivity index (χ1v) is 6.03. The number of carbonyl (C=O) groups is 1. The van der Waals surface area contributed by atoms with Crippen molar-refractivity contribution in [2.24, 2.45) is 5.84 Å². The smallest absolute Gasteiger partial charge is 0.239 e. The van der Waals surface area contributed by atoms with E-state index in [1.54, 1.807) is 13.2 Å². The lowest BCUT2D eigenvalue weighted by Crippen LogP contribution is -2.30. The van der Waals surface area contributed by atoms with Crippen molar-refractivity contribution in [3.05, 3.63) is 11.9 Å². The van der Waals surface area contributed by atoms with E-state index in [9.17, 15) is 4.79 Å². The molecule has 0 saturated carbocycles. The predicted molar refractivity (Wildman–Crippen MR) is 72.3 cm³/mol. The Hall–Kier alpha value is -1.93. The molecule has 0 fully saturated rings. The highest BCUT2D eigenvalue weighted by Crippen LogP contribution is 2.10. The third-order valence-corrected chi connectivity index (χ3v) is 2.20. The van der Waals surface area contributed by atoms with Crippen LogP contribution in [0.5, 0.6) is 0 Å². The number of nitrogens with zero attached hydrogens (tertiary/aromatic N) is 2. The Kier molecular flexibility index (Phi) is 6.55. The van der Waals surface area contributed by atoms with Gasteiger partial charge in [-0.05, 0) is 6.42 Å². The van der Waals surface area contributed by atoms with E-state index < -0.39 is 0 Å². The maximum atomic E-state index is 11.5. The zero-order valence-corrected chi connectivity index (χ0v) is 11.2. The van der Waals surface area contributed by atoms with Crippen molar-refractivity contribution >= 4 is 17.5 Å². The van der Waals surface area contributed by atoms with E-state index >= 15 is 0 Å². The summed E-state index contributed by atoms with van der Waals surface area (Å²) in [6, 6.07) is 1.62. The number of nitrogen functional groups attached to an aromatic ring is 1. The van der Waals surface area contributed by atoms with Gasteiger partial charge in [0.25, 0.3) is 0 Å². The van der Waals surface area contributed by atoms with Crippen LogP contribution in [0.2, 0.25) is 0 Å². The van der Waals surface area contributed by atoms with Crippen LogP contribution < -0.4 is 21.9 Å². The first-order valence-electron chi connectivity index (χ1n) is 6.03. The number of rotatable bonds is 8. The molecule has 0 atom stereocenters. The third kappa shape index (κ3) is 5.49. The average molecular weight is 268 g/mol. The van der Waals surface area contributed by atoms with Gasteiger partial charge in [0.1, 0.15) is 18.2 Å². The lowest BCUT2D eigenvalue weighted by atomic mass is 10.4. The molecule has 19 heavy (non-hydrogen) atoms. The van der Waals surface area contributed by atoms with E-state index in [0.717, 1.165) is 6.42 Å². The SMILES string of the molecule is CCCNC(=O)CNc1cc(NN)nc(COC)n1. The van der Waals surface area contributed by atoms with Crippen LogP contribution in [-0.2, 0) is 16.1 Å². The molecular weight excluding hydrogens is 248 g/mol. The summed E-state index contributed by atoms with van der Waals surface area (Å²) in [5.74, 6) is 6.68. The summed E-state index contributed by atoms with van der Waals surface area (Å²) in [6.07, 6.45) is 0.901. The fourth-order valence-electron chi connectivity index (χ4n) is 1.35. The number of anilines is 2. The second-order valence-corrected chi connectivity index (χ2v) is 3.84. The highest BCUT2D eigenvalue weighted by atomic mass is 16.5. The molecule has 0 aliphatic heterocycles. The van der Waals surface area contributed by atoms with Gasteiger partial charge in [-0.15, -0.1) is 0 Å². The molecule has 0 unspecified atom stereocenters. The van der Waals surface area contributed by atoms with Crippen molar-refractivity contribution in [3.8, 4) is 0 Å². The predicted octanol–water partition coefficient (Wildman–Crippen LogP) is -0.153. The van der Waals surface area contributed by atoms with Crippen molar-refractivity contribution in [1.82, 2.24) is 15.3 Å². The summed E-state index contributed by atoms with van der Waals surface area (Å²) < 4.78 is 4.96. The van der Waals surface area contributed by atoms with E-state index in [4.69, 9.17) is 10.6 Å². The van der Waals surface area contributed by atoms with Crippen LogP contribution in [0.15, 0.2) is 6.07 Å². The number of nitrogens with two attached hydrogens (primary N) is 1. The number of hydrazine groups is 1. The number of aromatic nitrogens is 2. The van der Waals surface area contributed by atoms with Crippen molar-refractivity contribution in [1.29, 1.82) is 0 Å². The summed E-state index contributed by atoms with van der Waals surface area (Å²) in [4.78, 5) is 19.8. The molecule has 106 valence electrons. The van der Waals surface area contributed by atoms with Gasteiger partial charge in [-0.25, -0.2) is 15.8 Å². The number of nitrogens with one attached hydrogen (secondary N) is 3. The maximum absolute atomic E-state index is 11.5. The van der Waals surface area contributed by atoms with Crippen LogP contribution >= 0.6 is 0 Å². The van der Waals surface area contributed by atoms with Crippen molar-refractivity contribution in [3.63, 3.8) is 0 Å². The zero-order chi connectivity index (χ0) is 14.1. The zero-order valence-electron chi connectivity index (χ0n) is 11.2. The first-order chi connectivity index (χ1) is 9.19. The standard InChI is InChI=1S/C11H20N6O2/c1-3-4-13-11(18)6-14-8-5-9(17-12)16-10(15-8)7-19-2/h5H,3-4,6-7,12H2,1-2H3,(H,13,18)(H2,14,15,16,17). The van der Waals surface area contributed by atoms with Gasteiger partial charge in [-0.2, -0.15) is 0 Å². The minimum atomic E-state index is -0.0870. The largest absolute Gasteiger partial charge is 0.377 e. The Morgan fingerprint density at radius 3 is 2.79 bits per heavy atom. The molecule has 0 aliphatic rings. The summed E-state index contributed by atoms with van der Waals surface area (Å²) >= 11 is 0. The number of ether oxygens (including phenoxy) is 1. The molecule has 1 amide bonds. The molecule has 0 bridgehead atoms. The van der Waals surface area contributed by atoms with Crippen molar-refractivity contribution in [2.75, 3.05) is 30.9 Å². The second-order valence-electron chi connectivity index (χ2n) is 3.84. The highest BCUT2D eigenvalue weighted by Gasteiger charge is 2.05. The Morgan fingerprint density at radius 1 is 1.42 bits per heavy atom. The number of methoxy groups -OCH3 is 1. The third-order valence-electron chi connectivity index (χ3n) is 2.20. The van der Waals surface area contributed by atoms with Crippen molar-refractivity contribution < 1.29 is 9.53 Å². The molecule has 1 aromatic heterocycles. The van der Waals surface area contributed by atoms with Gasteiger partial charge in [0, 0.05) is 19.7 Å². The van der Waals surface area contributed by atoms with Gasteiger partial charge in [-0.1, -0.05) is 6.92 Å². The van der Waals surface area contributed by atoms with E-state index in [1.807, 2.05) is 6.92 Å². The average Bonchev–Trinajstić information content (AvgIpc) is 2.43. The minimum absolute atomic E-state index is 0.0870. The van der Waals surface area contributed by atoms with Gasteiger partial charge < -0.3 is 20.8 Å². The van der Waals surface area contributed by atoms with Crippen LogP contribution in [0.3, 0.4) is 0 Å². The van der Waals surface area contributed by atoms with Gasteiger partial charge in [-0.3, -0.25) is 4.79 Å². The van der Waals surface area contributed by atoms with Crippen LogP contribution in [0.4, 0.5) is 11.6 Å². The van der Waals surface area contributed by atoms with Gasteiger partial charge in [0.2, 0.25) is 5.91 Å². The summed E-state index contributed by atoms with van der Waals surface area (Å²) in [5.41, 5.74) is 2.44. The van der Waals surface area contributed by atoms with Gasteiger partial charge in [0.15, 0.2) is 5.82 Å². The molecule has 8 heteroatoms. The molecule has 1 heterocycles. The summed E-state index contributed by atoms with van der Waals surface area (Å²) in [6.45, 7) is 3.07. The molecule has 1 aromatic rings. The van der Waals surface area contributed by atoms with Crippen LogP contribution in [0.25, 0.3) is 0 Å². The molecule has 0 aromatic carbocycles. The van der Waals surface area contributed by atoms with E-state index in [-0.39, 0.29) is 19.1 Å². The minimum Gasteiger partial charge on any atom is -0.377 e. The molecular formula is C11H20N6O2. The Morgan fingerprint density at radius 2 is 2.16 bits per heavy atom. The van der Waals surface area contributed by atoms with E-state index in [0.29, 0.717) is 24.0 Å². The maximum Gasteiger partial charge on any atom is 0.239 e. The molecule has 0 spiro atoms. The van der Waals surface area contributed by atoms with Gasteiger partial charge >= 0.3 is 0 Å². The highest BCUT2D eigenvalue weighted by molar-refractivity contribution is 5.80. The Balaban J connectivity index is 2.61. The summed E-state index contributed by atoms with van der Waals surface area (Å²) in [5, 5.41) is 5.67. The lowest BCUT2D eigenvalue weighted by molar-refractivity contribution is -0.119. The summed E-state index contributed by atoms with van der Waals surface area (Å²) in [7, 11) is 1.55. The fraction of sp³-hybridized carbons (Fsp3) is 0.545. The number of hydrogen-bond acceptors (Lipinski definition) is 7. The van der Waals surface area contributed by atoms with Crippen LogP contribution in [0, 0.1) is 0 Å². The quantitative estimate of drug-likeness (QED) is 0.383. The molecule has 0 saturated heterocycles. The molecule has 1 rings (SSSR count). The first kappa shape index (κ1) is 15.1. The number of hydrogen-bond donors (Lipinski definition) is 4. The second kappa shape index (κ2) is 8.22. The fourth-order valence-corrected chi connectivity index (χ4v) is 1.35. The topological polar surface area (TPSA) is 114 Å². The molecule has 0 radical (unpaired) electrons. The monoisotopic (exact) mass is 268 g/mol. The van der Waals surface area contributed by atoms with E-state index in [1.165, 1.54) is 0 Å². The Labute approximate surface area is 112 Å². The Bertz CT molecular complexity index is 412. The molecule has 0 aliphatic carbocycles. The number of carbonyl (C=O) groups excluding carboxylic acids is 1. The normalized spacial score (nSPS) is 10.1. The van der Waals surface area contributed by atoms with E-state index in [2.05, 4.69) is 26.0 Å². The van der Waals surface area contributed by atoms with Gasteiger partial charge in [0.05, 0.1) is 6.54 Å². The van der Waals surface area contributed by atoms with Crippen LogP contribution in [0.1, 0.15) is 19.2 Å². The van der Waals surface area contributed by atoms with Crippen molar-refractivity contribution in [2.45, 2.75) is 20.0 Å². The molecule has 5 N–H and O–H groups in total.